The Morgan fingerprint density at radius 1 is 0.815 bits per heavy atom. The third-order valence-electron chi connectivity index (χ3n) is 17.3. The van der Waals surface area contributed by atoms with Gasteiger partial charge in [-0.1, -0.05) is 79.9 Å². The SMILES string of the molecule is C=C(C)C1CCC2(C(=O)NCCCCCCCC(=O)NC(CC(C)C)C(O)CC(=O)O)CCC3(C)C(CCC4C5(C)CCC(O)C(C)(C)C5CCC43C)C12. The van der Waals surface area contributed by atoms with Crippen molar-refractivity contribution in [2.24, 2.45) is 62.6 Å². The van der Waals surface area contributed by atoms with Crippen molar-refractivity contribution in [3.63, 3.8) is 0 Å². The molecule has 54 heavy (non-hydrogen) atoms. The number of unbranched alkanes of at least 4 members (excludes halogenated alkanes) is 4. The molecule has 0 radical (unpaired) electrons. The van der Waals surface area contributed by atoms with Gasteiger partial charge < -0.3 is 26.0 Å². The van der Waals surface area contributed by atoms with Crippen LogP contribution in [0.25, 0.3) is 0 Å². The molecule has 8 heteroatoms. The van der Waals surface area contributed by atoms with Crippen LogP contribution in [0.2, 0.25) is 0 Å². The van der Waals surface area contributed by atoms with Crippen molar-refractivity contribution in [1.29, 1.82) is 0 Å². The minimum absolute atomic E-state index is 0.0488. The van der Waals surface area contributed by atoms with Crippen LogP contribution in [-0.2, 0) is 14.4 Å². The summed E-state index contributed by atoms with van der Waals surface area (Å²) >= 11 is 0. The molecule has 308 valence electrons. The molecular weight excluding hydrogens is 677 g/mol. The Bertz CT molecular complexity index is 1380. The lowest BCUT2D eigenvalue weighted by molar-refractivity contribution is -0.246. The highest BCUT2D eigenvalue weighted by Crippen LogP contribution is 2.77. The smallest absolute Gasteiger partial charge is 0.306 e. The van der Waals surface area contributed by atoms with E-state index in [0.29, 0.717) is 49.0 Å². The molecular formula is C46H78N2O6. The van der Waals surface area contributed by atoms with Gasteiger partial charge in [-0.25, -0.2) is 0 Å². The van der Waals surface area contributed by atoms with Crippen LogP contribution < -0.4 is 10.6 Å². The zero-order valence-corrected chi connectivity index (χ0v) is 35.4. The number of carboxylic acids is 1. The number of amides is 2. The minimum Gasteiger partial charge on any atom is -0.481 e. The molecule has 5 saturated carbocycles. The maximum absolute atomic E-state index is 14.5. The van der Waals surface area contributed by atoms with Crippen molar-refractivity contribution in [2.75, 3.05) is 6.54 Å². The van der Waals surface area contributed by atoms with E-state index in [0.717, 1.165) is 70.6 Å². The molecule has 5 N–H and O–H groups in total. The fourth-order valence-electron chi connectivity index (χ4n) is 14.3. The zero-order chi connectivity index (χ0) is 39.9. The molecule has 2 amide bonds. The Labute approximate surface area is 327 Å². The number of aliphatic hydroxyl groups excluding tert-OH is 2. The van der Waals surface area contributed by atoms with Crippen molar-refractivity contribution in [3.05, 3.63) is 12.2 Å². The fourth-order valence-corrected chi connectivity index (χ4v) is 14.3. The van der Waals surface area contributed by atoms with Crippen LogP contribution in [0.4, 0.5) is 0 Å². The van der Waals surface area contributed by atoms with E-state index < -0.39 is 18.1 Å². The maximum atomic E-state index is 14.5. The Balaban J connectivity index is 1.15. The molecule has 0 aromatic carbocycles. The molecule has 5 aliphatic rings. The third-order valence-corrected chi connectivity index (χ3v) is 17.3. The van der Waals surface area contributed by atoms with Gasteiger partial charge in [-0.3, -0.25) is 14.4 Å². The van der Waals surface area contributed by atoms with Gasteiger partial charge in [-0.05, 0) is 148 Å². The first-order chi connectivity index (χ1) is 25.2. The number of allylic oxidation sites excluding steroid dienone is 1. The molecule has 0 bridgehead atoms. The van der Waals surface area contributed by atoms with E-state index in [-0.39, 0.29) is 57.3 Å². The van der Waals surface area contributed by atoms with Gasteiger partial charge in [0.05, 0.1) is 30.1 Å². The second-order valence-electron chi connectivity index (χ2n) is 21.0. The predicted molar refractivity (Wildman–Crippen MR) is 215 cm³/mol. The van der Waals surface area contributed by atoms with Crippen LogP contribution in [0.3, 0.4) is 0 Å². The third kappa shape index (κ3) is 7.83. The van der Waals surface area contributed by atoms with Crippen molar-refractivity contribution < 1.29 is 29.7 Å². The number of carbonyl (C=O) groups is 3. The monoisotopic (exact) mass is 755 g/mol. The van der Waals surface area contributed by atoms with E-state index in [1.54, 1.807) is 0 Å². The molecule has 0 aliphatic heterocycles. The van der Waals surface area contributed by atoms with Gasteiger partial charge in [-0.15, -0.1) is 0 Å². The van der Waals surface area contributed by atoms with Gasteiger partial charge in [0, 0.05) is 13.0 Å². The predicted octanol–water partition coefficient (Wildman–Crippen LogP) is 8.83. The van der Waals surface area contributed by atoms with Gasteiger partial charge in [0.25, 0.3) is 0 Å². The standard InChI is InChI=1S/C46H78N2O6/c1-29(2)27-33(34(49)28-39(52)53)48-38(51)15-13-11-10-12-14-26-47-41(54)46-23-18-31(30(3)4)40(46)32-16-17-36-43(7)21-20-37(50)42(5,6)35(43)19-22-45(36,9)44(32,8)24-25-46/h29,31-37,40,49-50H,3,10-28H2,1-2,4-9H3,(H,47,54)(H,48,51)(H,52,53). The number of fused-ring (bicyclic) bond motifs is 7. The number of carboxylic acid groups (broad SMARTS) is 1. The number of rotatable bonds is 16. The Kier molecular flexibility index (Phi) is 13.2. The molecule has 0 aromatic heterocycles. The lowest BCUT2D eigenvalue weighted by atomic mass is 9.32. The first-order valence-electron chi connectivity index (χ1n) is 22.1. The first-order valence-corrected chi connectivity index (χ1v) is 22.1. The summed E-state index contributed by atoms with van der Waals surface area (Å²) < 4.78 is 0. The van der Waals surface area contributed by atoms with Crippen LogP contribution in [0.15, 0.2) is 12.2 Å². The lowest BCUT2D eigenvalue weighted by Crippen LogP contribution is -2.67. The van der Waals surface area contributed by atoms with Gasteiger partial charge in [0.1, 0.15) is 0 Å². The Morgan fingerprint density at radius 3 is 2.17 bits per heavy atom. The number of hydrogen-bond acceptors (Lipinski definition) is 5. The second kappa shape index (κ2) is 16.5. The highest BCUT2D eigenvalue weighted by molar-refractivity contribution is 5.84. The summed E-state index contributed by atoms with van der Waals surface area (Å²) in [5, 5.41) is 36.8. The summed E-state index contributed by atoms with van der Waals surface area (Å²) in [4.78, 5) is 38.2. The molecule has 5 aliphatic carbocycles. The van der Waals surface area contributed by atoms with Crippen LogP contribution in [0, 0.1) is 62.6 Å². The number of nitrogens with one attached hydrogen (secondary N) is 2. The molecule has 12 unspecified atom stereocenters. The van der Waals surface area contributed by atoms with Crippen molar-refractivity contribution >= 4 is 17.8 Å². The number of hydrogen-bond donors (Lipinski definition) is 5. The average Bonchev–Trinajstić information content (AvgIpc) is 3.49. The molecule has 0 heterocycles. The molecule has 8 nitrogen and oxygen atoms in total. The summed E-state index contributed by atoms with van der Waals surface area (Å²) in [6, 6.07) is -0.554. The molecule has 5 fully saturated rings. The van der Waals surface area contributed by atoms with Crippen LogP contribution >= 0.6 is 0 Å². The summed E-state index contributed by atoms with van der Waals surface area (Å²) in [6.45, 7) is 23.9. The van der Waals surface area contributed by atoms with E-state index in [2.05, 4.69) is 58.8 Å². The molecule has 12 atom stereocenters. The van der Waals surface area contributed by atoms with E-state index in [1.807, 2.05) is 13.8 Å². The first kappa shape index (κ1) is 43.2. The second-order valence-corrected chi connectivity index (χ2v) is 21.0. The number of aliphatic hydroxyl groups is 2. The molecule has 0 saturated heterocycles. The Hall–Kier alpha value is -1.93. The van der Waals surface area contributed by atoms with Crippen LogP contribution in [0.1, 0.15) is 171 Å². The average molecular weight is 755 g/mol. The lowest BCUT2D eigenvalue weighted by Gasteiger charge is -2.72. The van der Waals surface area contributed by atoms with Crippen LogP contribution in [-0.4, -0.2) is 57.9 Å². The molecule has 0 aromatic rings. The quantitative estimate of drug-likeness (QED) is 0.0790. The highest BCUT2D eigenvalue weighted by Gasteiger charge is 2.71. The summed E-state index contributed by atoms with van der Waals surface area (Å²) in [6.07, 6.45) is 14.8. The number of carbonyl (C=O) groups excluding carboxylic acids is 2. The summed E-state index contributed by atoms with van der Waals surface area (Å²) in [7, 11) is 0. The largest absolute Gasteiger partial charge is 0.481 e. The summed E-state index contributed by atoms with van der Waals surface area (Å²) in [5.74, 6) is 1.75. The Morgan fingerprint density at radius 2 is 1.50 bits per heavy atom. The zero-order valence-electron chi connectivity index (χ0n) is 35.4. The van der Waals surface area contributed by atoms with Gasteiger partial charge >= 0.3 is 5.97 Å². The van der Waals surface area contributed by atoms with Gasteiger partial charge in [0.15, 0.2) is 0 Å². The van der Waals surface area contributed by atoms with E-state index in [1.165, 1.54) is 31.3 Å². The summed E-state index contributed by atoms with van der Waals surface area (Å²) in [5.41, 5.74) is 1.55. The van der Waals surface area contributed by atoms with Crippen LogP contribution in [0.5, 0.6) is 0 Å². The van der Waals surface area contributed by atoms with Crippen molar-refractivity contribution in [1.82, 2.24) is 10.6 Å². The molecule has 5 rings (SSSR count). The highest BCUT2D eigenvalue weighted by atomic mass is 16.4. The fraction of sp³-hybridized carbons (Fsp3) is 0.891. The van der Waals surface area contributed by atoms with Gasteiger partial charge in [0.2, 0.25) is 11.8 Å². The van der Waals surface area contributed by atoms with E-state index >= 15 is 0 Å². The van der Waals surface area contributed by atoms with E-state index in [4.69, 9.17) is 5.11 Å². The normalized spacial score (nSPS) is 39.3. The van der Waals surface area contributed by atoms with Crippen molar-refractivity contribution in [2.45, 2.75) is 189 Å². The van der Waals surface area contributed by atoms with Crippen molar-refractivity contribution in [3.8, 4) is 0 Å². The maximum Gasteiger partial charge on any atom is 0.306 e. The topological polar surface area (TPSA) is 136 Å². The van der Waals surface area contributed by atoms with E-state index in [9.17, 15) is 24.6 Å². The number of aliphatic carboxylic acids is 1. The minimum atomic E-state index is -1.10. The van der Waals surface area contributed by atoms with Gasteiger partial charge in [-0.2, -0.15) is 0 Å². The molecule has 0 spiro atoms.